The molecule has 1 aromatic heterocycles. The molecule has 3 aromatic rings. The highest BCUT2D eigenvalue weighted by atomic mass is 32.2. The summed E-state index contributed by atoms with van der Waals surface area (Å²) >= 11 is 0.924. The zero-order valence-electron chi connectivity index (χ0n) is 21.4. The monoisotopic (exact) mass is 518 g/mol. The van der Waals surface area contributed by atoms with Crippen LogP contribution in [0.4, 0.5) is 4.79 Å². The maximum atomic E-state index is 13.0. The van der Waals surface area contributed by atoms with Gasteiger partial charge in [0.1, 0.15) is 19.0 Å². The summed E-state index contributed by atoms with van der Waals surface area (Å²) in [5.41, 5.74) is 3.91. The Morgan fingerprint density at radius 1 is 0.973 bits per heavy atom. The largest absolute Gasteiger partial charge is 0.493 e. The molecule has 1 aliphatic rings. The minimum absolute atomic E-state index is 0.179. The number of pyridine rings is 1. The lowest BCUT2D eigenvalue weighted by atomic mass is 10.0. The van der Waals surface area contributed by atoms with Gasteiger partial charge in [-0.2, -0.15) is 0 Å². The highest BCUT2D eigenvalue weighted by Gasteiger charge is 2.35. The fourth-order valence-electron chi connectivity index (χ4n) is 3.87. The van der Waals surface area contributed by atoms with E-state index in [1.165, 1.54) is 4.90 Å². The van der Waals surface area contributed by atoms with Crippen molar-refractivity contribution >= 4 is 29.0 Å². The van der Waals surface area contributed by atoms with Gasteiger partial charge in [0.2, 0.25) is 0 Å². The molecule has 0 radical (unpaired) electrons. The van der Waals surface area contributed by atoms with Gasteiger partial charge < -0.3 is 14.2 Å². The van der Waals surface area contributed by atoms with Crippen molar-refractivity contribution in [3.63, 3.8) is 0 Å². The molecule has 8 heteroatoms. The molecular weight excluding hydrogens is 488 g/mol. The van der Waals surface area contributed by atoms with E-state index in [2.05, 4.69) is 31.0 Å². The number of carbonyl (C=O) groups excluding carboxylic acids is 2. The van der Waals surface area contributed by atoms with E-state index in [4.69, 9.17) is 14.2 Å². The maximum absolute atomic E-state index is 13.0. The molecule has 2 amide bonds. The van der Waals surface area contributed by atoms with E-state index < -0.39 is 0 Å². The lowest BCUT2D eigenvalue weighted by molar-refractivity contribution is -0.123. The summed E-state index contributed by atoms with van der Waals surface area (Å²) in [6, 6.07) is 15.3. The van der Waals surface area contributed by atoms with Gasteiger partial charge in [-0.05, 0) is 83.3 Å². The molecule has 0 bridgehead atoms. The number of aryl methyl sites for hydroxylation is 1. The standard InChI is InChI=1S/C29H30N2O5S/c1-19(2)23-7-5-20(3)15-25(23)35-14-13-31-28(32)27(37-29(31)33)17-22-6-8-24(26(16-22)34-4)36-18-21-9-11-30-12-10-21/h5-12,15-17,19H,13-14,18H2,1-4H3/b27-17-. The number of aromatic nitrogens is 1. The van der Waals surface area contributed by atoms with Crippen LogP contribution in [-0.2, 0) is 11.4 Å². The molecule has 0 saturated carbocycles. The quantitative estimate of drug-likeness (QED) is 0.295. The number of amides is 2. The Balaban J connectivity index is 1.40. The minimum atomic E-state index is -0.330. The van der Waals surface area contributed by atoms with Crippen LogP contribution in [0, 0.1) is 6.92 Å². The van der Waals surface area contributed by atoms with Crippen molar-refractivity contribution in [1.82, 2.24) is 9.88 Å². The Hall–Kier alpha value is -3.78. The van der Waals surface area contributed by atoms with Crippen molar-refractivity contribution in [2.24, 2.45) is 0 Å². The highest BCUT2D eigenvalue weighted by molar-refractivity contribution is 8.18. The lowest BCUT2D eigenvalue weighted by Gasteiger charge is -2.17. The Morgan fingerprint density at radius 2 is 1.76 bits per heavy atom. The van der Waals surface area contributed by atoms with E-state index >= 15 is 0 Å². The van der Waals surface area contributed by atoms with Crippen molar-refractivity contribution in [3.8, 4) is 17.2 Å². The van der Waals surface area contributed by atoms with Crippen LogP contribution in [0.5, 0.6) is 17.2 Å². The van der Waals surface area contributed by atoms with E-state index in [-0.39, 0.29) is 24.3 Å². The average molecular weight is 519 g/mol. The van der Waals surface area contributed by atoms with Crippen LogP contribution in [0.3, 0.4) is 0 Å². The van der Waals surface area contributed by atoms with Crippen LogP contribution in [0.25, 0.3) is 6.08 Å². The summed E-state index contributed by atoms with van der Waals surface area (Å²) in [6.07, 6.45) is 5.12. The van der Waals surface area contributed by atoms with Gasteiger partial charge in [0.25, 0.3) is 11.1 Å². The second-order valence-corrected chi connectivity index (χ2v) is 9.93. The van der Waals surface area contributed by atoms with E-state index in [0.29, 0.717) is 28.9 Å². The molecule has 7 nitrogen and oxygen atoms in total. The maximum Gasteiger partial charge on any atom is 0.293 e. The number of thioether (sulfide) groups is 1. The molecule has 0 unspecified atom stereocenters. The molecule has 4 rings (SSSR count). The Kier molecular flexibility index (Phi) is 8.50. The molecule has 37 heavy (non-hydrogen) atoms. The van der Waals surface area contributed by atoms with Gasteiger partial charge >= 0.3 is 0 Å². The number of hydrogen-bond acceptors (Lipinski definition) is 7. The Morgan fingerprint density at radius 3 is 2.49 bits per heavy atom. The zero-order chi connectivity index (χ0) is 26.4. The summed E-state index contributed by atoms with van der Waals surface area (Å²) < 4.78 is 17.4. The average Bonchev–Trinajstić information content (AvgIpc) is 3.15. The Bertz CT molecular complexity index is 1310. The molecule has 1 fully saturated rings. The van der Waals surface area contributed by atoms with E-state index in [9.17, 15) is 9.59 Å². The van der Waals surface area contributed by atoms with Crippen LogP contribution in [-0.4, -0.2) is 41.3 Å². The van der Waals surface area contributed by atoms with Crippen molar-refractivity contribution in [1.29, 1.82) is 0 Å². The SMILES string of the molecule is COc1cc(/C=C2\SC(=O)N(CCOc3cc(C)ccc3C(C)C)C2=O)ccc1OCc1ccncc1. The fraction of sp³-hybridized carbons (Fsp3) is 0.276. The van der Waals surface area contributed by atoms with Crippen LogP contribution >= 0.6 is 11.8 Å². The van der Waals surface area contributed by atoms with E-state index in [0.717, 1.165) is 39.8 Å². The first kappa shape index (κ1) is 26.3. The van der Waals surface area contributed by atoms with Crippen LogP contribution in [0.1, 0.15) is 42.0 Å². The summed E-state index contributed by atoms with van der Waals surface area (Å²) in [5, 5.41) is -0.308. The molecule has 0 N–H and O–H groups in total. The number of hydrogen-bond donors (Lipinski definition) is 0. The molecule has 2 heterocycles. The molecular formula is C29H30N2O5S. The number of ether oxygens (including phenoxy) is 3. The molecule has 0 atom stereocenters. The van der Waals surface area contributed by atoms with Crippen molar-refractivity contribution in [2.45, 2.75) is 33.3 Å². The van der Waals surface area contributed by atoms with Crippen LogP contribution in [0.2, 0.25) is 0 Å². The first-order valence-corrected chi connectivity index (χ1v) is 12.9. The molecule has 1 saturated heterocycles. The summed E-state index contributed by atoms with van der Waals surface area (Å²) in [5.74, 6) is 1.88. The smallest absolute Gasteiger partial charge is 0.293 e. The zero-order valence-corrected chi connectivity index (χ0v) is 22.2. The summed E-state index contributed by atoms with van der Waals surface area (Å²) in [6.45, 7) is 7.00. The van der Waals surface area contributed by atoms with Crippen molar-refractivity contribution in [2.75, 3.05) is 20.3 Å². The fourth-order valence-corrected chi connectivity index (χ4v) is 4.73. The third-order valence-electron chi connectivity index (χ3n) is 5.87. The van der Waals surface area contributed by atoms with Crippen molar-refractivity contribution in [3.05, 3.63) is 88.1 Å². The summed E-state index contributed by atoms with van der Waals surface area (Å²) in [7, 11) is 1.56. The van der Waals surface area contributed by atoms with Gasteiger partial charge in [-0.15, -0.1) is 0 Å². The predicted molar refractivity (Wildman–Crippen MR) is 145 cm³/mol. The third kappa shape index (κ3) is 6.51. The number of imide groups is 1. The molecule has 1 aliphatic heterocycles. The minimum Gasteiger partial charge on any atom is -0.493 e. The van der Waals surface area contributed by atoms with Gasteiger partial charge in [0.15, 0.2) is 11.5 Å². The second-order valence-electron chi connectivity index (χ2n) is 8.93. The first-order chi connectivity index (χ1) is 17.9. The van der Waals surface area contributed by atoms with Crippen molar-refractivity contribution < 1.29 is 23.8 Å². The van der Waals surface area contributed by atoms with Gasteiger partial charge in [-0.25, -0.2) is 0 Å². The number of nitrogens with zero attached hydrogens (tertiary/aromatic N) is 2. The number of benzene rings is 2. The van der Waals surface area contributed by atoms with Gasteiger partial charge in [-0.1, -0.05) is 32.0 Å². The summed E-state index contributed by atoms with van der Waals surface area (Å²) in [4.78, 5) is 31.1. The molecule has 2 aromatic carbocycles. The number of carbonyl (C=O) groups is 2. The molecule has 0 spiro atoms. The number of methoxy groups -OCH3 is 1. The predicted octanol–water partition coefficient (Wildman–Crippen LogP) is 6.22. The van der Waals surface area contributed by atoms with E-state index in [1.54, 1.807) is 37.7 Å². The van der Waals surface area contributed by atoms with E-state index in [1.807, 2.05) is 31.2 Å². The van der Waals surface area contributed by atoms with Gasteiger partial charge in [0.05, 0.1) is 18.6 Å². The van der Waals surface area contributed by atoms with Crippen LogP contribution in [0.15, 0.2) is 65.8 Å². The van der Waals surface area contributed by atoms with Gasteiger partial charge in [-0.3, -0.25) is 19.5 Å². The first-order valence-electron chi connectivity index (χ1n) is 12.0. The molecule has 0 aliphatic carbocycles. The highest BCUT2D eigenvalue weighted by Crippen LogP contribution is 2.35. The topological polar surface area (TPSA) is 78.0 Å². The van der Waals surface area contributed by atoms with Gasteiger partial charge in [0, 0.05) is 12.4 Å². The Labute approximate surface area is 221 Å². The normalized spacial score (nSPS) is 14.5. The van der Waals surface area contributed by atoms with Crippen LogP contribution < -0.4 is 14.2 Å². The molecule has 192 valence electrons. The second kappa shape index (κ2) is 12.0. The lowest BCUT2D eigenvalue weighted by Crippen LogP contribution is -2.32. The third-order valence-corrected chi connectivity index (χ3v) is 6.77. The number of rotatable bonds is 10.